The first-order valence-corrected chi connectivity index (χ1v) is 9.17. The molecule has 0 rings (SSSR count). The van der Waals surface area contributed by atoms with Crippen molar-refractivity contribution in [2.24, 2.45) is 0 Å². The predicted octanol–water partition coefficient (Wildman–Crippen LogP) is 5.56. The van der Waals surface area contributed by atoms with Crippen LogP contribution in [0.15, 0.2) is 10.5 Å². The molecule has 0 amide bonds. The third-order valence-electron chi connectivity index (χ3n) is 2.82. The molecule has 0 nitrogen and oxygen atoms in total. The maximum absolute atomic E-state index is 2.50. The number of rotatable bonds is 11. The van der Waals surface area contributed by atoms with Gasteiger partial charge in [-0.1, -0.05) is 0 Å². The Kier molecular flexibility index (Phi) is 13.5. The van der Waals surface area contributed by atoms with Gasteiger partial charge in [-0.25, -0.2) is 0 Å². The van der Waals surface area contributed by atoms with Crippen molar-refractivity contribution in [1.82, 2.24) is 0 Å². The third-order valence-corrected chi connectivity index (χ3v) is 5.16. The first-order chi connectivity index (χ1) is 7.81. The molecule has 0 bridgehead atoms. The van der Waals surface area contributed by atoms with E-state index in [9.17, 15) is 0 Å². The van der Waals surface area contributed by atoms with E-state index in [1.165, 1.54) is 63.1 Å². The van der Waals surface area contributed by atoms with Crippen LogP contribution in [0.3, 0.4) is 0 Å². The summed E-state index contributed by atoms with van der Waals surface area (Å²) < 4.78 is 1.68. The van der Waals surface area contributed by atoms with E-state index in [0.717, 1.165) is 15.0 Å². The van der Waals surface area contributed by atoms with Crippen LogP contribution in [0.4, 0.5) is 0 Å². The predicted molar refractivity (Wildman–Crippen MR) is 77.2 cm³/mol. The molecule has 0 radical (unpaired) electrons. The van der Waals surface area contributed by atoms with Crippen LogP contribution in [-0.2, 0) is 0 Å². The number of allylic oxidation sites excluding steroid dienone is 2. The summed E-state index contributed by atoms with van der Waals surface area (Å²) in [5.74, 6) is 0. The van der Waals surface area contributed by atoms with Crippen LogP contribution < -0.4 is 0 Å². The number of hydrogen-bond acceptors (Lipinski definition) is 0. The molecule has 16 heavy (non-hydrogen) atoms. The van der Waals surface area contributed by atoms with Crippen molar-refractivity contribution in [3.05, 3.63) is 10.5 Å². The molecule has 0 fully saturated rings. The van der Waals surface area contributed by atoms with Gasteiger partial charge < -0.3 is 0 Å². The quantitative estimate of drug-likeness (QED) is 0.345. The van der Waals surface area contributed by atoms with E-state index in [1.54, 1.807) is 4.47 Å². The Morgan fingerprint density at radius 3 is 2.19 bits per heavy atom. The summed E-state index contributed by atoms with van der Waals surface area (Å²) in [6, 6.07) is 0. The molecule has 0 spiro atoms. The molecule has 0 aromatic rings. The Hall–Kier alpha value is 0.259. The first-order valence-electron chi connectivity index (χ1n) is 7.10. The summed E-state index contributed by atoms with van der Waals surface area (Å²) in [7, 11) is 0. The van der Waals surface area contributed by atoms with Crippen LogP contribution in [0.2, 0.25) is 5.32 Å². The molecule has 0 aliphatic carbocycles. The SMILES string of the molecule is CCCCCCCC/C=C(\C)[Se]CCCC. The maximum atomic E-state index is 2.50. The summed E-state index contributed by atoms with van der Waals surface area (Å²) in [5.41, 5.74) is 0. The van der Waals surface area contributed by atoms with Gasteiger partial charge in [-0.2, -0.15) is 0 Å². The fourth-order valence-electron chi connectivity index (χ4n) is 1.67. The Labute approximate surface area is 109 Å². The van der Waals surface area contributed by atoms with Gasteiger partial charge in [0, 0.05) is 0 Å². The van der Waals surface area contributed by atoms with E-state index >= 15 is 0 Å². The third kappa shape index (κ3) is 12.3. The number of unbranched alkanes of at least 4 members (excludes halogenated alkanes) is 7. The molecule has 0 saturated heterocycles. The van der Waals surface area contributed by atoms with Crippen LogP contribution >= 0.6 is 0 Å². The zero-order chi connectivity index (χ0) is 12.1. The fraction of sp³-hybridized carbons (Fsp3) is 0.867. The Bertz CT molecular complexity index is 161. The van der Waals surface area contributed by atoms with Crippen molar-refractivity contribution < 1.29 is 0 Å². The van der Waals surface area contributed by atoms with Gasteiger partial charge in [0.1, 0.15) is 0 Å². The molecule has 0 atom stereocenters. The molecule has 0 aromatic carbocycles. The molecule has 96 valence electrons. The van der Waals surface area contributed by atoms with Crippen molar-refractivity contribution in [2.45, 2.75) is 83.9 Å². The normalized spacial score (nSPS) is 12.1. The molecule has 0 aliphatic heterocycles. The second-order valence-electron chi connectivity index (χ2n) is 4.57. The van der Waals surface area contributed by atoms with Gasteiger partial charge in [-0.05, 0) is 0 Å². The second-order valence-corrected chi connectivity index (χ2v) is 7.39. The van der Waals surface area contributed by atoms with Gasteiger partial charge in [0.25, 0.3) is 0 Å². The number of hydrogen-bond donors (Lipinski definition) is 0. The fourth-order valence-corrected chi connectivity index (χ4v) is 3.74. The van der Waals surface area contributed by atoms with Crippen molar-refractivity contribution in [3.8, 4) is 0 Å². The van der Waals surface area contributed by atoms with Crippen molar-refractivity contribution in [1.29, 1.82) is 0 Å². The summed E-state index contributed by atoms with van der Waals surface area (Å²) in [5, 5.41) is 1.45. The van der Waals surface area contributed by atoms with Crippen molar-refractivity contribution in [3.63, 3.8) is 0 Å². The molecular formula is C15H30Se. The van der Waals surface area contributed by atoms with Crippen LogP contribution in [0.1, 0.15) is 78.6 Å². The van der Waals surface area contributed by atoms with Crippen molar-refractivity contribution >= 4 is 15.0 Å². The molecule has 0 heterocycles. The minimum absolute atomic E-state index is 0.790. The van der Waals surface area contributed by atoms with Crippen LogP contribution in [0, 0.1) is 0 Å². The molecule has 1 heteroatoms. The van der Waals surface area contributed by atoms with Gasteiger partial charge in [-0.3, -0.25) is 0 Å². The summed E-state index contributed by atoms with van der Waals surface area (Å²) >= 11 is 0.790. The van der Waals surface area contributed by atoms with Crippen LogP contribution in [0.5, 0.6) is 0 Å². The molecule has 0 saturated carbocycles. The van der Waals surface area contributed by atoms with E-state index in [-0.39, 0.29) is 0 Å². The summed E-state index contributed by atoms with van der Waals surface area (Å²) in [6.07, 6.45) is 15.1. The average Bonchev–Trinajstić information content (AvgIpc) is 2.28. The second kappa shape index (κ2) is 13.3. The topological polar surface area (TPSA) is 0 Å². The monoisotopic (exact) mass is 290 g/mol. The van der Waals surface area contributed by atoms with Crippen molar-refractivity contribution in [2.75, 3.05) is 0 Å². The van der Waals surface area contributed by atoms with Gasteiger partial charge in [0.2, 0.25) is 0 Å². The Balaban J connectivity index is 3.23. The average molecular weight is 289 g/mol. The van der Waals surface area contributed by atoms with Gasteiger partial charge in [0.05, 0.1) is 0 Å². The first kappa shape index (κ1) is 16.3. The van der Waals surface area contributed by atoms with E-state index in [2.05, 4.69) is 26.8 Å². The Morgan fingerprint density at radius 1 is 0.875 bits per heavy atom. The molecule has 0 unspecified atom stereocenters. The molecule has 0 N–H and O–H groups in total. The minimum atomic E-state index is 0.790. The van der Waals surface area contributed by atoms with E-state index in [4.69, 9.17) is 0 Å². The molecular weight excluding hydrogens is 259 g/mol. The van der Waals surface area contributed by atoms with Crippen LogP contribution in [-0.4, -0.2) is 15.0 Å². The molecule has 0 aromatic heterocycles. The van der Waals surface area contributed by atoms with E-state index in [0.29, 0.717) is 0 Å². The van der Waals surface area contributed by atoms with E-state index in [1.807, 2.05) is 0 Å². The van der Waals surface area contributed by atoms with E-state index < -0.39 is 0 Å². The van der Waals surface area contributed by atoms with Crippen LogP contribution in [0.25, 0.3) is 0 Å². The zero-order valence-corrected chi connectivity index (χ0v) is 13.3. The van der Waals surface area contributed by atoms with Gasteiger partial charge >= 0.3 is 109 Å². The molecule has 0 aliphatic rings. The van der Waals surface area contributed by atoms with Gasteiger partial charge in [-0.15, -0.1) is 0 Å². The summed E-state index contributed by atoms with van der Waals surface area (Å²) in [6.45, 7) is 6.89. The summed E-state index contributed by atoms with van der Waals surface area (Å²) in [4.78, 5) is 0. The standard InChI is InChI=1S/C15H30Se/c1-4-6-8-9-10-11-12-13-15(3)16-14-7-5-2/h13H,4-12,14H2,1-3H3/b15-13+. The Morgan fingerprint density at radius 2 is 1.50 bits per heavy atom. The van der Waals surface area contributed by atoms with Gasteiger partial charge in [0.15, 0.2) is 0 Å². The zero-order valence-electron chi connectivity index (χ0n) is 11.6.